The second-order valence-corrected chi connectivity index (χ2v) is 5.35. The first-order valence-corrected chi connectivity index (χ1v) is 5.72. The van der Waals surface area contributed by atoms with Gasteiger partial charge in [-0.25, -0.2) is 12.8 Å². The molecule has 0 radical (unpaired) electrons. The Morgan fingerprint density at radius 2 is 2.07 bits per heavy atom. The lowest BCUT2D eigenvalue weighted by molar-refractivity contribution is 0.0307. The van der Waals surface area contributed by atoms with Crippen LogP contribution < -0.4 is 0 Å². The van der Waals surface area contributed by atoms with E-state index in [1.807, 2.05) is 0 Å². The second kappa shape index (κ2) is 3.93. The molecule has 1 aromatic carbocycles. The Labute approximate surface area is 89.1 Å². The van der Waals surface area contributed by atoms with Crippen molar-refractivity contribution >= 4 is 26.0 Å². The van der Waals surface area contributed by atoms with Gasteiger partial charge < -0.3 is 0 Å². The maximum absolute atomic E-state index is 13.2. The molecule has 4 nitrogen and oxygen atoms in total. The zero-order chi connectivity index (χ0) is 10.9. The lowest BCUT2D eigenvalue weighted by Gasteiger charge is -2.10. The Balaban J connectivity index is 3.35. The normalized spacial score (nSPS) is 12.1. The standard InChI is InChI=1S/C7H7BrFNO3S/c1-10(11)14(12,13)7-3-2-5(8)4-6(7)9/h2-4,11H,1H3. The Bertz CT molecular complexity index is 446. The molecule has 0 amide bonds. The van der Waals surface area contributed by atoms with E-state index >= 15 is 0 Å². The molecule has 0 bridgehead atoms. The van der Waals surface area contributed by atoms with Crippen molar-refractivity contribution in [2.75, 3.05) is 7.05 Å². The molecule has 0 fully saturated rings. The van der Waals surface area contributed by atoms with Crippen molar-refractivity contribution in [2.45, 2.75) is 4.90 Å². The third-order valence-corrected chi connectivity index (χ3v) is 3.60. The topological polar surface area (TPSA) is 57.6 Å². The Morgan fingerprint density at radius 3 is 2.50 bits per heavy atom. The molecule has 1 N–H and O–H groups in total. The number of benzene rings is 1. The van der Waals surface area contributed by atoms with Crippen molar-refractivity contribution in [3.63, 3.8) is 0 Å². The first kappa shape index (κ1) is 11.6. The molecular formula is C7H7BrFNO3S. The third-order valence-electron chi connectivity index (χ3n) is 1.52. The van der Waals surface area contributed by atoms with Crippen molar-refractivity contribution in [1.82, 2.24) is 4.47 Å². The summed E-state index contributed by atoms with van der Waals surface area (Å²) in [5.41, 5.74) is 0. The predicted molar refractivity (Wildman–Crippen MR) is 50.8 cm³/mol. The fraction of sp³-hybridized carbons (Fsp3) is 0.143. The number of nitrogens with zero attached hydrogens (tertiary/aromatic N) is 1. The molecule has 0 saturated carbocycles. The van der Waals surface area contributed by atoms with Gasteiger partial charge in [0, 0.05) is 11.5 Å². The van der Waals surface area contributed by atoms with Crippen molar-refractivity contribution in [2.24, 2.45) is 0 Å². The molecule has 0 saturated heterocycles. The Hall–Kier alpha value is -0.500. The van der Waals surface area contributed by atoms with Crippen LogP contribution in [0.15, 0.2) is 27.6 Å². The molecule has 14 heavy (non-hydrogen) atoms. The fourth-order valence-electron chi connectivity index (χ4n) is 0.827. The number of sulfonamides is 1. The van der Waals surface area contributed by atoms with Crippen LogP contribution in [0.5, 0.6) is 0 Å². The molecule has 0 aromatic heterocycles. The summed E-state index contributed by atoms with van der Waals surface area (Å²) in [5, 5.41) is 8.79. The van der Waals surface area contributed by atoms with Gasteiger partial charge in [0.2, 0.25) is 0 Å². The second-order valence-electron chi connectivity index (χ2n) is 2.51. The van der Waals surface area contributed by atoms with Crippen molar-refractivity contribution in [3.05, 3.63) is 28.5 Å². The largest absolute Gasteiger partial charge is 0.299 e. The zero-order valence-electron chi connectivity index (χ0n) is 7.11. The van der Waals surface area contributed by atoms with Crippen molar-refractivity contribution in [3.8, 4) is 0 Å². The lowest BCUT2D eigenvalue weighted by atomic mass is 10.3. The molecule has 0 atom stereocenters. The minimum atomic E-state index is -4.13. The molecule has 78 valence electrons. The van der Waals surface area contributed by atoms with Gasteiger partial charge in [-0.3, -0.25) is 5.21 Å². The highest BCUT2D eigenvalue weighted by molar-refractivity contribution is 9.10. The molecule has 0 aliphatic heterocycles. The van der Waals surface area contributed by atoms with Crippen LogP contribution in [0, 0.1) is 5.82 Å². The van der Waals surface area contributed by atoms with E-state index in [0.717, 1.165) is 19.2 Å². The summed E-state index contributed by atoms with van der Waals surface area (Å²) >= 11 is 2.99. The summed E-state index contributed by atoms with van der Waals surface area (Å²) in [4.78, 5) is -0.564. The quantitative estimate of drug-likeness (QED) is 0.839. The van der Waals surface area contributed by atoms with E-state index in [2.05, 4.69) is 15.9 Å². The highest BCUT2D eigenvalue weighted by Crippen LogP contribution is 2.20. The molecule has 1 aromatic rings. The van der Waals surface area contributed by atoms with Crippen molar-refractivity contribution < 1.29 is 18.0 Å². The maximum atomic E-state index is 13.2. The average Bonchev–Trinajstić information content (AvgIpc) is 2.02. The zero-order valence-corrected chi connectivity index (χ0v) is 9.51. The number of hydrogen-bond donors (Lipinski definition) is 1. The summed E-state index contributed by atoms with van der Waals surface area (Å²) in [6, 6.07) is 3.46. The molecule has 0 spiro atoms. The summed E-state index contributed by atoms with van der Waals surface area (Å²) in [6.45, 7) is 0. The lowest BCUT2D eigenvalue weighted by Crippen LogP contribution is -2.23. The average molecular weight is 284 g/mol. The van der Waals surface area contributed by atoms with Crippen molar-refractivity contribution in [1.29, 1.82) is 0 Å². The minimum Gasteiger partial charge on any atom is -0.299 e. The smallest absolute Gasteiger partial charge is 0.267 e. The Kier molecular flexibility index (Phi) is 3.25. The van der Waals surface area contributed by atoms with Gasteiger partial charge in [0.25, 0.3) is 10.0 Å². The van der Waals surface area contributed by atoms with E-state index in [0.29, 0.717) is 4.47 Å². The monoisotopic (exact) mass is 283 g/mol. The van der Waals surface area contributed by atoms with Crippen LogP contribution in [0.2, 0.25) is 0 Å². The molecule has 1 rings (SSSR count). The number of hydroxylamine groups is 1. The summed E-state index contributed by atoms with van der Waals surface area (Å²) in [6.07, 6.45) is 0. The van der Waals surface area contributed by atoms with Gasteiger partial charge in [-0.2, -0.15) is 0 Å². The molecule has 0 heterocycles. The summed E-state index contributed by atoms with van der Waals surface area (Å²) in [5.74, 6) is -0.916. The van der Waals surface area contributed by atoms with Crippen LogP contribution in [0.25, 0.3) is 0 Å². The molecule has 0 aliphatic rings. The highest BCUT2D eigenvalue weighted by Gasteiger charge is 2.22. The summed E-state index contributed by atoms with van der Waals surface area (Å²) in [7, 11) is -3.22. The van der Waals surface area contributed by atoms with Crippen LogP contribution in [0.3, 0.4) is 0 Å². The minimum absolute atomic E-state index is 0.0285. The van der Waals surface area contributed by atoms with Gasteiger partial charge in [0.1, 0.15) is 10.7 Å². The third kappa shape index (κ3) is 2.11. The number of halogens is 2. The first-order chi connectivity index (χ1) is 6.35. The van der Waals surface area contributed by atoms with Gasteiger partial charge in [0.15, 0.2) is 0 Å². The fourth-order valence-corrected chi connectivity index (χ4v) is 1.99. The maximum Gasteiger partial charge on any atom is 0.267 e. The number of hydrogen-bond acceptors (Lipinski definition) is 3. The molecule has 0 aliphatic carbocycles. The van der Waals surface area contributed by atoms with E-state index < -0.39 is 20.7 Å². The van der Waals surface area contributed by atoms with Gasteiger partial charge in [0.05, 0.1) is 0 Å². The predicted octanol–water partition coefficient (Wildman–Crippen LogP) is 1.60. The van der Waals surface area contributed by atoms with Crippen LogP contribution >= 0.6 is 15.9 Å². The van der Waals surface area contributed by atoms with Gasteiger partial charge in [-0.15, -0.1) is 0 Å². The molecular weight excluding hydrogens is 277 g/mol. The van der Waals surface area contributed by atoms with Crippen LogP contribution in [0.4, 0.5) is 4.39 Å². The summed E-state index contributed by atoms with van der Waals surface area (Å²) < 4.78 is 36.1. The van der Waals surface area contributed by atoms with Gasteiger partial charge in [-0.1, -0.05) is 20.4 Å². The number of rotatable bonds is 2. The van der Waals surface area contributed by atoms with Gasteiger partial charge >= 0.3 is 0 Å². The van der Waals surface area contributed by atoms with E-state index in [1.54, 1.807) is 0 Å². The van der Waals surface area contributed by atoms with Crippen LogP contribution in [-0.4, -0.2) is 25.1 Å². The SMILES string of the molecule is CN(O)S(=O)(=O)c1ccc(Br)cc1F. The first-order valence-electron chi connectivity index (χ1n) is 3.48. The Morgan fingerprint density at radius 1 is 1.50 bits per heavy atom. The van der Waals surface area contributed by atoms with Gasteiger partial charge in [-0.05, 0) is 18.2 Å². The molecule has 0 unspecified atom stereocenters. The van der Waals surface area contributed by atoms with Crippen LogP contribution in [-0.2, 0) is 10.0 Å². The highest BCUT2D eigenvalue weighted by atomic mass is 79.9. The van der Waals surface area contributed by atoms with E-state index in [-0.39, 0.29) is 4.47 Å². The van der Waals surface area contributed by atoms with E-state index in [1.165, 1.54) is 6.07 Å². The molecule has 7 heteroatoms. The van der Waals surface area contributed by atoms with E-state index in [4.69, 9.17) is 5.21 Å². The van der Waals surface area contributed by atoms with Crippen LogP contribution in [0.1, 0.15) is 0 Å². The van der Waals surface area contributed by atoms with E-state index in [9.17, 15) is 12.8 Å².